The number of rotatable bonds is 4. The van der Waals surface area contributed by atoms with Crippen LogP contribution in [0.2, 0.25) is 0 Å². The predicted molar refractivity (Wildman–Crippen MR) is 86.9 cm³/mol. The van der Waals surface area contributed by atoms with Gasteiger partial charge in [0, 0.05) is 17.1 Å². The van der Waals surface area contributed by atoms with Gasteiger partial charge in [-0.1, -0.05) is 40.2 Å². The van der Waals surface area contributed by atoms with Gasteiger partial charge in [0.2, 0.25) is 0 Å². The van der Waals surface area contributed by atoms with Gasteiger partial charge in [-0.15, -0.1) is 0 Å². The Labute approximate surface area is 133 Å². The van der Waals surface area contributed by atoms with Crippen molar-refractivity contribution in [2.75, 3.05) is 13.2 Å². The molecule has 110 valence electrons. The summed E-state index contributed by atoms with van der Waals surface area (Å²) in [5.41, 5.74) is 1.26. The number of fused-ring (bicyclic) bond motifs is 1. The fourth-order valence-electron chi connectivity index (χ4n) is 2.34. The van der Waals surface area contributed by atoms with Gasteiger partial charge in [0.05, 0.1) is 0 Å². The zero-order valence-corrected chi connectivity index (χ0v) is 13.5. The van der Waals surface area contributed by atoms with E-state index in [1.54, 1.807) is 0 Å². The smallest absolute Gasteiger partial charge is 0.161 e. The predicted octanol–water partition coefficient (Wildman–Crippen LogP) is 3.94. The summed E-state index contributed by atoms with van der Waals surface area (Å²) in [6, 6.07) is 16.4. The van der Waals surface area contributed by atoms with E-state index in [0.29, 0.717) is 6.61 Å². The molecule has 3 nitrogen and oxygen atoms in total. The van der Waals surface area contributed by atoms with Crippen molar-refractivity contribution in [1.29, 1.82) is 0 Å². The number of benzene rings is 2. The lowest BCUT2D eigenvalue weighted by Crippen LogP contribution is -2.39. The highest BCUT2D eigenvalue weighted by Gasteiger charge is 2.20. The zero-order valence-electron chi connectivity index (χ0n) is 11.9. The van der Waals surface area contributed by atoms with Crippen LogP contribution in [0.4, 0.5) is 0 Å². The molecule has 1 heterocycles. The molecule has 2 atom stereocenters. The van der Waals surface area contributed by atoms with Crippen molar-refractivity contribution in [1.82, 2.24) is 5.32 Å². The van der Waals surface area contributed by atoms with Crippen LogP contribution in [0.1, 0.15) is 18.5 Å². The van der Waals surface area contributed by atoms with Gasteiger partial charge in [0.15, 0.2) is 11.5 Å². The maximum atomic E-state index is 5.94. The van der Waals surface area contributed by atoms with Crippen LogP contribution >= 0.6 is 15.9 Å². The Morgan fingerprint density at radius 1 is 1.14 bits per heavy atom. The third kappa shape index (κ3) is 3.57. The van der Waals surface area contributed by atoms with Gasteiger partial charge in [0.1, 0.15) is 12.7 Å². The monoisotopic (exact) mass is 347 g/mol. The normalized spacial score (nSPS) is 18.3. The molecule has 21 heavy (non-hydrogen) atoms. The maximum Gasteiger partial charge on any atom is 0.161 e. The second kappa shape index (κ2) is 6.50. The fourth-order valence-corrected chi connectivity index (χ4v) is 2.61. The Balaban J connectivity index is 1.55. The summed E-state index contributed by atoms with van der Waals surface area (Å²) in [4.78, 5) is 0. The first-order valence-electron chi connectivity index (χ1n) is 7.10. The summed E-state index contributed by atoms with van der Waals surface area (Å²) in [6.07, 6.45) is 0.0396. The summed E-state index contributed by atoms with van der Waals surface area (Å²) in [6.45, 7) is 3.49. The van der Waals surface area contributed by atoms with Crippen molar-refractivity contribution in [3.8, 4) is 11.5 Å². The largest absolute Gasteiger partial charge is 0.486 e. The quantitative estimate of drug-likeness (QED) is 0.908. The van der Waals surface area contributed by atoms with Crippen LogP contribution < -0.4 is 14.8 Å². The number of nitrogens with one attached hydrogen (secondary N) is 1. The minimum absolute atomic E-state index is 0.0396. The lowest BCUT2D eigenvalue weighted by molar-refractivity contribution is 0.0886. The van der Waals surface area contributed by atoms with Gasteiger partial charge in [-0.2, -0.15) is 0 Å². The molecule has 1 aliphatic heterocycles. The molecule has 0 spiro atoms. The molecule has 3 rings (SSSR count). The molecule has 0 fully saturated rings. The Morgan fingerprint density at radius 2 is 1.86 bits per heavy atom. The molecule has 2 aromatic carbocycles. The van der Waals surface area contributed by atoms with Crippen LogP contribution in [-0.2, 0) is 0 Å². The molecule has 0 aromatic heterocycles. The van der Waals surface area contributed by atoms with Crippen molar-refractivity contribution in [2.24, 2.45) is 0 Å². The van der Waals surface area contributed by atoms with E-state index in [1.165, 1.54) is 5.56 Å². The van der Waals surface area contributed by atoms with E-state index in [1.807, 2.05) is 24.3 Å². The van der Waals surface area contributed by atoms with Crippen LogP contribution in [0.5, 0.6) is 11.5 Å². The van der Waals surface area contributed by atoms with E-state index in [-0.39, 0.29) is 12.1 Å². The zero-order chi connectivity index (χ0) is 14.7. The highest BCUT2D eigenvalue weighted by molar-refractivity contribution is 9.10. The lowest BCUT2D eigenvalue weighted by atomic mass is 10.1. The van der Waals surface area contributed by atoms with Gasteiger partial charge in [-0.3, -0.25) is 0 Å². The Hall–Kier alpha value is -1.52. The van der Waals surface area contributed by atoms with Crippen molar-refractivity contribution in [2.45, 2.75) is 19.1 Å². The topological polar surface area (TPSA) is 30.5 Å². The highest BCUT2D eigenvalue weighted by Crippen LogP contribution is 2.30. The minimum atomic E-state index is 0.0396. The lowest BCUT2D eigenvalue weighted by Gasteiger charge is -2.27. The summed E-state index contributed by atoms with van der Waals surface area (Å²) in [5.74, 6) is 1.65. The number of para-hydroxylation sites is 2. The molecule has 0 bridgehead atoms. The average Bonchev–Trinajstić information content (AvgIpc) is 2.53. The Morgan fingerprint density at radius 3 is 2.62 bits per heavy atom. The van der Waals surface area contributed by atoms with Gasteiger partial charge in [0.25, 0.3) is 0 Å². The van der Waals surface area contributed by atoms with E-state index in [9.17, 15) is 0 Å². The molecule has 2 aromatic rings. The van der Waals surface area contributed by atoms with Crippen molar-refractivity contribution >= 4 is 15.9 Å². The van der Waals surface area contributed by atoms with E-state index >= 15 is 0 Å². The number of ether oxygens (including phenoxy) is 2. The van der Waals surface area contributed by atoms with Crippen LogP contribution in [0, 0.1) is 0 Å². The molecule has 0 amide bonds. The van der Waals surface area contributed by atoms with Crippen LogP contribution in [0.25, 0.3) is 0 Å². The minimum Gasteiger partial charge on any atom is -0.486 e. The Bertz CT molecular complexity index is 600. The fraction of sp³-hybridized carbons (Fsp3) is 0.294. The molecular weight excluding hydrogens is 330 g/mol. The van der Waals surface area contributed by atoms with Gasteiger partial charge < -0.3 is 14.8 Å². The number of hydrogen-bond acceptors (Lipinski definition) is 3. The number of halogens is 1. The van der Waals surface area contributed by atoms with Gasteiger partial charge in [-0.05, 0) is 36.8 Å². The molecule has 0 saturated heterocycles. The van der Waals surface area contributed by atoms with Gasteiger partial charge >= 0.3 is 0 Å². The van der Waals surface area contributed by atoms with Crippen molar-refractivity contribution in [3.63, 3.8) is 0 Å². The summed E-state index contributed by atoms with van der Waals surface area (Å²) in [7, 11) is 0. The summed E-state index contributed by atoms with van der Waals surface area (Å²) >= 11 is 3.45. The van der Waals surface area contributed by atoms with Crippen LogP contribution in [0.15, 0.2) is 53.0 Å². The summed E-state index contributed by atoms with van der Waals surface area (Å²) in [5, 5.41) is 3.50. The number of hydrogen-bond donors (Lipinski definition) is 1. The average molecular weight is 348 g/mol. The van der Waals surface area contributed by atoms with Gasteiger partial charge in [-0.25, -0.2) is 0 Å². The molecule has 2 unspecified atom stereocenters. The second-order valence-corrected chi connectivity index (χ2v) is 6.09. The van der Waals surface area contributed by atoms with Crippen LogP contribution in [0.3, 0.4) is 0 Å². The second-order valence-electron chi connectivity index (χ2n) is 5.18. The van der Waals surface area contributed by atoms with E-state index in [0.717, 1.165) is 22.5 Å². The maximum absolute atomic E-state index is 5.94. The van der Waals surface area contributed by atoms with E-state index < -0.39 is 0 Å². The molecular formula is C17H18BrNO2. The first-order valence-corrected chi connectivity index (χ1v) is 7.89. The third-order valence-electron chi connectivity index (χ3n) is 3.59. The molecule has 0 aliphatic carbocycles. The highest BCUT2D eigenvalue weighted by atomic mass is 79.9. The molecule has 1 N–H and O–H groups in total. The molecule has 0 radical (unpaired) electrons. The SMILES string of the molecule is CC(NCC1COc2ccccc2O1)c1ccc(Br)cc1. The van der Waals surface area contributed by atoms with E-state index in [2.05, 4.69) is 52.4 Å². The van der Waals surface area contributed by atoms with E-state index in [4.69, 9.17) is 9.47 Å². The third-order valence-corrected chi connectivity index (χ3v) is 4.12. The van der Waals surface area contributed by atoms with Crippen LogP contribution in [-0.4, -0.2) is 19.3 Å². The first-order chi connectivity index (χ1) is 10.2. The summed E-state index contributed by atoms with van der Waals surface area (Å²) < 4.78 is 12.8. The standard InChI is InChI=1S/C17H18BrNO2/c1-12(13-6-8-14(18)9-7-13)19-10-15-11-20-16-4-2-3-5-17(16)21-15/h2-9,12,15,19H,10-11H2,1H3. The first kappa shape index (κ1) is 14.4. The van der Waals surface area contributed by atoms with Crippen molar-refractivity contribution < 1.29 is 9.47 Å². The molecule has 0 saturated carbocycles. The molecule has 1 aliphatic rings. The Kier molecular flexibility index (Phi) is 4.46. The molecule has 4 heteroatoms. The van der Waals surface area contributed by atoms with Crippen molar-refractivity contribution in [3.05, 3.63) is 58.6 Å².